The zero-order valence-corrected chi connectivity index (χ0v) is 12.0. The number of carbonyl (C=O) groups excluding carboxylic acids is 1. The number of urea groups is 1. The van der Waals surface area contributed by atoms with Crippen LogP contribution in [-0.2, 0) is 6.42 Å². The number of hydrogen-bond donors (Lipinski definition) is 1. The van der Waals surface area contributed by atoms with Crippen LogP contribution in [0.15, 0.2) is 41.8 Å². The monoisotopic (exact) mass is 287 g/mol. The lowest BCUT2D eigenvalue weighted by molar-refractivity contribution is 0.221. The summed E-state index contributed by atoms with van der Waals surface area (Å²) >= 11 is 1.74. The highest BCUT2D eigenvalue weighted by atomic mass is 32.1. The molecule has 1 saturated heterocycles. The molecule has 2 amide bonds. The minimum absolute atomic E-state index is 0.0892. The van der Waals surface area contributed by atoms with Crippen LogP contribution in [0.4, 0.5) is 16.2 Å². The maximum atomic E-state index is 12.4. The zero-order chi connectivity index (χ0) is 13.9. The van der Waals surface area contributed by atoms with Gasteiger partial charge in [0.15, 0.2) is 0 Å². The van der Waals surface area contributed by atoms with Crippen LogP contribution in [0.1, 0.15) is 4.88 Å². The van der Waals surface area contributed by atoms with Gasteiger partial charge in [-0.25, -0.2) is 4.79 Å². The van der Waals surface area contributed by atoms with Gasteiger partial charge in [-0.2, -0.15) is 0 Å². The average Bonchev–Trinajstić information content (AvgIpc) is 3.08. The van der Waals surface area contributed by atoms with Crippen molar-refractivity contribution < 1.29 is 4.79 Å². The molecule has 2 aromatic rings. The van der Waals surface area contributed by atoms with Gasteiger partial charge in [-0.05, 0) is 42.1 Å². The van der Waals surface area contributed by atoms with Crippen LogP contribution < -0.4 is 10.6 Å². The molecular weight excluding hydrogens is 270 g/mol. The Morgan fingerprint density at radius 3 is 2.65 bits per heavy atom. The van der Waals surface area contributed by atoms with Crippen molar-refractivity contribution in [2.24, 2.45) is 0 Å². The van der Waals surface area contributed by atoms with E-state index in [1.165, 1.54) is 4.88 Å². The molecule has 0 radical (unpaired) electrons. The number of nitrogen functional groups attached to an aromatic ring is 1. The van der Waals surface area contributed by atoms with Crippen LogP contribution in [-0.4, -0.2) is 30.6 Å². The third-order valence-electron chi connectivity index (χ3n) is 3.51. The summed E-state index contributed by atoms with van der Waals surface area (Å²) in [5.74, 6) is 0. The number of nitrogens with two attached hydrogens (primary N) is 1. The van der Waals surface area contributed by atoms with E-state index in [0.717, 1.165) is 37.4 Å². The number of rotatable bonds is 4. The third kappa shape index (κ3) is 2.63. The molecule has 0 unspecified atom stereocenters. The van der Waals surface area contributed by atoms with E-state index in [9.17, 15) is 4.79 Å². The predicted octanol–water partition coefficient (Wildman–Crippen LogP) is 2.82. The van der Waals surface area contributed by atoms with E-state index in [1.807, 2.05) is 40.1 Å². The summed E-state index contributed by atoms with van der Waals surface area (Å²) in [4.78, 5) is 17.4. The van der Waals surface area contributed by atoms with Crippen molar-refractivity contribution in [2.45, 2.75) is 6.42 Å². The fraction of sp³-hybridized carbons (Fsp3) is 0.267. The second kappa shape index (κ2) is 5.54. The molecular formula is C15H17N3OS. The number of hydrogen-bond acceptors (Lipinski definition) is 3. The summed E-state index contributed by atoms with van der Waals surface area (Å²) in [5, 5.41) is 2.07. The van der Waals surface area contributed by atoms with E-state index in [0.29, 0.717) is 0 Å². The first-order valence-corrected chi connectivity index (χ1v) is 7.56. The molecule has 1 aromatic carbocycles. The van der Waals surface area contributed by atoms with Gasteiger partial charge in [0.1, 0.15) is 0 Å². The van der Waals surface area contributed by atoms with Crippen LogP contribution in [0.25, 0.3) is 0 Å². The van der Waals surface area contributed by atoms with Gasteiger partial charge < -0.3 is 10.6 Å². The second-order valence-electron chi connectivity index (χ2n) is 4.84. The normalized spacial score (nSPS) is 15.1. The molecule has 2 N–H and O–H groups in total. The Morgan fingerprint density at radius 2 is 1.95 bits per heavy atom. The van der Waals surface area contributed by atoms with E-state index in [4.69, 9.17) is 5.73 Å². The summed E-state index contributed by atoms with van der Waals surface area (Å²) in [6.45, 7) is 2.31. The van der Waals surface area contributed by atoms with Crippen LogP contribution in [0, 0.1) is 0 Å². The molecule has 3 rings (SSSR count). The highest BCUT2D eigenvalue weighted by Crippen LogP contribution is 2.22. The molecule has 5 heteroatoms. The molecule has 1 aliphatic rings. The maximum absolute atomic E-state index is 12.4. The SMILES string of the molecule is Nc1ccc(N2CCN(CCc3cccs3)C2=O)cc1. The maximum Gasteiger partial charge on any atom is 0.324 e. The summed E-state index contributed by atoms with van der Waals surface area (Å²) in [6, 6.07) is 11.7. The largest absolute Gasteiger partial charge is 0.399 e. The Hall–Kier alpha value is -2.01. The van der Waals surface area contributed by atoms with Gasteiger partial charge in [-0.3, -0.25) is 4.90 Å². The molecule has 0 aliphatic carbocycles. The van der Waals surface area contributed by atoms with E-state index >= 15 is 0 Å². The summed E-state index contributed by atoms with van der Waals surface area (Å²) in [7, 11) is 0. The first-order valence-electron chi connectivity index (χ1n) is 6.68. The quantitative estimate of drug-likeness (QED) is 0.879. The van der Waals surface area contributed by atoms with Crippen molar-refractivity contribution in [1.29, 1.82) is 0 Å². The first kappa shape index (κ1) is 13.0. The summed E-state index contributed by atoms with van der Waals surface area (Å²) in [6.07, 6.45) is 0.930. The lowest BCUT2D eigenvalue weighted by Crippen LogP contribution is -2.33. The van der Waals surface area contributed by atoms with Gasteiger partial charge in [-0.15, -0.1) is 11.3 Å². The molecule has 0 atom stereocenters. The van der Waals surface area contributed by atoms with Crippen molar-refractivity contribution in [3.8, 4) is 0 Å². The summed E-state index contributed by atoms with van der Waals surface area (Å²) in [5.41, 5.74) is 7.31. The minimum atomic E-state index is 0.0892. The lowest BCUT2D eigenvalue weighted by Gasteiger charge is -2.18. The summed E-state index contributed by atoms with van der Waals surface area (Å²) < 4.78 is 0. The Labute approximate surface area is 122 Å². The number of thiophene rings is 1. The van der Waals surface area contributed by atoms with Crippen molar-refractivity contribution in [1.82, 2.24) is 4.90 Å². The smallest absolute Gasteiger partial charge is 0.324 e. The molecule has 1 aromatic heterocycles. The second-order valence-corrected chi connectivity index (χ2v) is 5.87. The predicted molar refractivity (Wildman–Crippen MR) is 83.2 cm³/mol. The molecule has 4 nitrogen and oxygen atoms in total. The van der Waals surface area contributed by atoms with Crippen molar-refractivity contribution in [3.05, 3.63) is 46.7 Å². The van der Waals surface area contributed by atoms with Gasteiger partial charge in [-0.1, -0.05) is 6.07 Å². The highest BCUT2D eigenvalue weighted by molar-refractivity contribution is 7.09. The van der Waals surface area contributed by atoms with Crippen LogP contribution in [0.5, 0.6) is 0 Å². The fourth-order valence-electron chi connectivity index (χ4n) is 2.38. The van der Waals surface area contributed by atoms with Crippen LogP contribution >= 0.6 is 11.3 Å². The van der Waals surface area contributed by atoms with Gasteiger partial charge in [0.2, 0.25) is 0 Å². The Balaban J connectivity index is 1.63. The van der Waals surface area contributed by atoms with E-state index in [1.54, 1.807) is 11.3 Å². The van der Waals surface area contributed by atoms with Crippen LogP contribution in [0.2, 0.25) is 0 Å². The number of anilines is 2. The Bertz CT molecular complexity index is 580. The van der Waals surface area contributed by atoms with Gasteiger partial charge in [0.05, 0.1) is 0 Å². The average molecular weight is 287 g/mol. The Kier molecular flexibility index (Phi) is 3.60. The Morgan fingerprint density at radius 1 is 1.15 bits per heavy atom. The number of amides is 2. The lowest BCUT2D eigenvalue weighted by atomic mass is 10.2. The third-order valence-corrected chi connectivity index (χ3v) is 4.44. The van der Waals surface area contributed by atoms with E-state index in [2.05, 4.69) is 11.4 Å². The molecule has 1 fully saturated rings. The van der Waals surface area contributed by atoms with Crippen molar-refractivity contribution in [3.63, 3.8) is 0 Å². The highest BCUT2D eigenvalue weighted by Gasteiger charge is 2.28. The van der Waals surface area contributed by atoms with Crippen molar-refractivity contribution >= 4 is 28.7 Å². The number of nitrogens with zero attached hydrogens (tertiary/aromatic N) is 2. The minimum Gasteiger partial charge on any atom is -0.399 e. The fourth-order valence-corrected chi connectivity index (χ4v) is 3.08. The van der Waals surface area contributed by atoms with Gasteiger partial charge in [0, 0.05) is 35.9 Å². The number of benzene rings is 1. The molecule has 0 spiro atoms. The molecule has 0 bridgehead atoms. The van der Waals surface area contributed by atoms with Crippen LogP contribution in [0.3, 0.4) is 0 Å². The number of carbonyl (C=O) groups is 1. The van der Waals surface area contributed by atoms with E-state index in [-0.39, 0.29) is 6.03 Å². The topological polar surface area (TPSA) is 49.6 Å². The molecule has 1 aliphatic heterocycles. The van der Waals surface area contributed by atoms with Gasteiger partial charge >= 0.3 is 6.03 Å². The standard InChI is InChI=1S/C15H17N3OS/c16-12-3-5-13(6-4-12)18-10-9-17(15(18)19)8-7-14-2-1-11-20-14/h1-6,11H,7-10,16H2. The van der Waals surface area contributed by atoms with Gasteiger partial charge in [0.25, 0.3) is 0 Å². The molecule has 20 heavy (non-hydrogen) atoms. The molecule has 104 valence electrons. The molecule has 2 heterocycles. The van der Waals surface area contributed by atoms with Crippen molar-refractivity contribution in [2.75, 3.05) is 30.3 Å². The van der Waals surface area contributed by atoms with E-state index < -0.39 is 0 Å². The molecule has 0 saturated carbocycles. The zero-order valence-electron chi connectivity index (χ0n) is 11.2. The first-order chi connectivity index (χ1) is 9.74.